The highest BCUT2D eigenvalue weighted by molar-refractivity contribution is 7.13. The summed E-state index contributed by atoms with van der Waals surface area (Å²) in [7, 11) is 1.65. The van der Waals surface area contributed by atoms with Gasteiger partial charge in [-0.3, -0.25) is 4.79 Å². The van der Waals surface area contributed by atoms with Crippen LogP contribution in [-0.2, 0) is 11.3 Å². The van der Waals surface area contributed by atoms with Gasteiger partial charge in [-0.05, 0) is 17.7 Å². The van der Waals surface area contributed by atoms with E-state index in [0.29, 0.717) is 38.5 Å². The summed E-state index contributed by atoms with van der Waals surface area (Å²) in [6.07, 6.45) is 0. The minimum absolute atomic E-state index is 0.0259. The van der Waals surface area contributed by atoms with Crippen LogP contribution in [0.3, 0.4) is 0 Å². The number of hydrogen-bond acceptors (Lipinski definition) is 6. The molecule has 3 rings (SSSR count). The number of nitrogens with one attached hydrogen (secondary N) is 1. The van der Waals surface area contributed by atoms with Crippen molar-refractivity contribution in [2.75, 3.05) is 38.7 Å². The minimum atomic E-state index is -0.0259. The van der Waals surface area contributed by atoms with Crippen molar-refractivity contribution >= 4 is 22.4 Å². The van der Waals surface area contributed by atoms with Gasteiger partial charge >= 0.3 is 0 Å². The zero-order chi connectivity index (χ0) is 16.1. The first kappa shape index (κ1) is 15.8. The van der Waals surface area contributed by atoms with E-state index in [-0.39, 0.29) is 5.91 Å². The van der Waals surface area contributed by atoms with E-state index < -0.39 is 0 Å². The molecule has 0 radical (unpaired) electrons. The number of ether oxygens (including phenoxy) is 2. The zero-order valence-corrected chi connectivity index (χ0v) is 13.8. The van der Waals surface area contributed by atoms with E-state index in [9.17, 15) is 4.79 Å². The van der Waals surface area contributed by atoms with Crippen LogP contribution < -0.4 is 10.1 Å². The molecule has 0 spiro atoms. The highest BCUT2D eigenvalue weighted by Crippen LogP contribution is 2.19. The Labute approximate surface area is 139 Å². The molecule has 0 aliphatic carbocycles. The highest BCUT2D eigenvalue weighted by atomic mass is 32.1. The number of aromatic nitrogens is 1. The fraction of sp³-hybridized carbons (Fsp3) is 0.375. The van der Waals surface area contributed by atoms with Crippen LogP contribution in [0.4, 0.5) is 5.13 Å². The summed E-state index contributed by atoms with van der Waals surface area (Å²) >= 11 is 1.44. The third kappa shape index (κ3) is 4.00. The molecule has 1 fully saturated rings. The number of hydrogen-bond donors (Lipinski definition) is 1. The maximum atomic E-state index is 12.3. The first-order chi connectivity index (χ1) is 11.3. The zero-order valence-electron chi connectivity index (χ0n) is 12.9. The van der Waals surface area contributed by atoms with Crippen molar-refractivity contribution in [1.82, 2.24) is 9.88 Å². The Morgan fingerprint density at radius 3 is 2.78 bits per heavy atom. The lowest BCUT2D eigenvalue weighted by Crippen LogP contribution is -2.40. The van der Waals surface area contributed by atoms with Gasteiger partial charge in [-0.25, -0.2) is 4.98 Å². The van der Waals surface area contributed by atoms with Gasteiger partial charge in [0.2, 0.25) is 0 Å². The Bertz CT molecular complexity index is 651. The molecule has 1 aliphatic rings. The van der Waals surface area contributed by atoms with Gasteiger partial charge in [-0.15, -0.1) is 11.3 Å². The Morgan fingerprint density at radius 2 is 2.09 bits per heavy atom. The van der Waals surface area contributed by atoms with E-state index in [4.69, 9.17) is 9.47 Å². The molecule has 0 bridgehead atoms. The number of carbonyl (C=O) groups is 1. The molecule has 1 aliphatic heterocycles. The summed E-state index contributed by atoms with van der Waals surface area (Å²) < 4.78 is 10.4. The van der Waals surface area contributed by atoms with Crippen molar-refractivity contribution in [3.05, 3.63) is 40.9 Å². The van der Waals surface area contributed by atoms with E-state index >= 15 is 0 Å². The van der Waals surface area contributed by atoms with Gasteiger partial charge in [0.25, 0.3) is 5.91 Å². The molecule has 2 aromatic rings. The highest BCUT2D eigenvalue weighted by Gasteiger charge is 2.20. The van der Waals surface area contributed by atoms with Crippen LogP contribution in [0.1, 0.15) is 16.1 Å². The number of nitrogens with zero attached hydrogens (tertiary/aromatic N) is 2. The van der Waals surface area contributed by atoms with Crippen LogP contribution in [0.25, 0.3) is 0 Å². The molecule has 122 valence electrons. The molecular weight excluding hydrogens is 314 g/mol. The van der Waals surface area contributed by atoms with Crippen LogP contribution in [0, 0.1) is 0 Å². The van der Waals surface area contributed by atoms with Crippen molar-refractivity contribution in [2.45, 2.75) is 6.54 Å². The van der Waals surface area contributed by atoms with Gasteiger partial charge in [0.05, 0.1) is 20.3 Å². The second kappa shape index (κ2) is 7.43. The molecule has 7 heteroatoms. The normalized spacial score (nSPS) is 14.6. The quantitative estimate of drug-likeness (QED) is 0.909. The number of methoxy groups -OCH3 is 1. The largest absolute Gasteiger partial charge is 0.497 e. The fourth-order valence-electron chi connectivity index (χ4n) is 2.30. The Hall–Kier alpha value is -2.12. The van der Waals surface area contributed by atoms with E-state index in [1.54, 1.807) is 17.4 Å². The molecule has 1 N–H and O–H groups in total. The molecule has 6 nitrogen and oxygen atoms in total. The maximum absolute atomic E-state index is 12.3. The maximum Gasteiger partial charge on any atom is 0.273 e. The Kier molecular flexibility index (Phi) is 5.09. The first-order valence-electron chi connectivity index (χ1n) is 7.45. The number of benzene rings is 1. The summed E-state index contributed by atoms with van der Waals surface area (Å²) in [5, 5.41) is 5.80. The summed E-state index contributed by atoms with van der Waals surface area (Å²) in [4.78, 5) is 18.5. The average Bonchev–Trinajstić information content (AvgIpc) is 3.09. The Morgan fingerprint density at radius 1 is 1.35 bits per heavy atom. The smallest absolute Gasteiger partial charge is 0.273 e. The summed E-state index contributed by atoms with van der Waals surface area (Å²) in [5.41, 5.74) is 1.62. The van der Waals surface area contributed by atoms with E-state index in [1.165, 1.54) is 11.3 Å². The lowest BCUT2D eigenvalue weighted by atomic mass is 10.2. The summed E-state index contributed by atoms with van der Waals surface area (Å²) in [5.74, 6) is 0.809. The van der Waals surface area contributed by atoms with Gasteiger partial charge in [0.1, 0.15) is 11.4 Å². The van der Waals surface area contributed by atoms with Gasteiger partial charge in [-0.2, -0.15) is 0 Å². The molecule has 1 saturated heterocycles. The molecule has 2 heterocycles. The summed E-state index contributed by atoms with van der Waals surface area (Å²) in [6.45, 7) is 3.11. The van der Waals surface area contributed by atoms with Crippen molar-refractivity contribution in [3.63, 3.8) is 0 Å². The number of morpholine rings is 1. The number of anilines is 1. The van der Waals surface area contributed by atoms with Gasteiger partial charge in [0.15, 0.2) is 5.13 Å². The van der Waals surface area contributed by atoms with Gasteiger partial charge in [-0.1, -0.05) is 12.1 Å². The molecule has 1 aromatic carbocycles. The second-order valence-electron chi connectivity index (χ2n) is 5.14. The number of carbonyl (C=O) groups excluding carboxylic acids is 1. The van der Waals surface area contributed by atoms with Crippen LogP contribution in [-0.4, -0.2) is 49.2 Å². The standard InChI is InChI=1S/C16H19N3O3S/c1-21-13-4-2-12(3-5-13)10-17-16-18-14(11-23-16)15(20)19-6-8-22-9-7-19/h2-5,11H,6-10H2,1H3,(H,17,18). The van der Waals surface area contributed by atoms with Crippen LogP contribution in [0.15, 0.2) is 29.6 Å². The van der Waals surface area contributed by atoms with Crippen molar-refractivity contribution in [1.29, 1.82) is 0 Å². The predicted octanol–water partition coefficient (Wildman–Crippen LogP) is 2.24. The Balaban J connectivity index is 1.57. The minimum Gasteiger partial charge on any atom is -0.497 e. The summed E-state index contributed by atoms with van der Waals surface area (Å²) in [6, 6.07) is 7.84. The second-order valence-corrected chi connectivity index (χ2v) is 6.00. The molecule has 1 aromatic heterocycles. The van der Waals surface area contributed by atoms with Crippen molar-refractivity contribution < 1.29 is 14.3 Å². The lowest BCUT2D eigenvalue weighted by Gasteiger charge is -2.25. The first-order valence-corrected chi connectivity index (χ1v) is 8.33. The fourth-order valence-corrected chi connectivity index (χ4v) is 2.99. The molecule has 23 heavy (non-hydrogen) atoms. The number of thiazole rings is 1. The molecule has 0 atom stereocenters. The monoisotopic (exact) mass is 333 g/mol. The average molecular weight is 333 g/mol. The topological polar surface area (TPSA) is 63.7 Å². The third-order valence-electron chi connectivity index (χ3n) is 3.62. The molecule has 0 unspecified atom stereocenters. The molecule has 1 amide bonds. The number of rotatable bonds is 5. The van der Waals surface area contributed by atoms with Crippen LogP contribution >= 0.6 is 11.3 Å². The van der Waals surface area contributed by atoms with E-state index in [0.717, 1.165) is 16.4 Å². The van der Waals surface area contributed by atoms with Gasteiger partial charge in [0, 0.05) is 25.0 Å². The van der Waals surface area contributed by atoms with Crippen LogP contribution in [0.2, 0.25) is 0 Å². The number of amides is 1. The van der Waals surface area contributed by atoms with E-state index in [1.807, 2.05) is 24.3 Å². The van der Waals surface area contributed by atoms with Crippen molar-refractivity contribution in [3.8, 4) is 5.75 Å². The third-order valence-corrected chi connectivity index (χ3v) is 4.42. The predicted molar refractivity (Wildman–Crippen MR) is 89.2 cm³/mol. The van der Waals surface area contributed by atoms with Crippen molar-refractivity contribution in [2.24, 2.45) is 0 Å². The SMILES string of the molecule is COc1ccc(CNc2nc(C(=O)N3CCOCC3)cs2)cc1. The molecular formula is C16H19N3O3S. The van der Waals surface area contributed by atoms with E-state index in [2.05, 4.69) is 10.3 Å². The molecule has 0 saturated carbocycles. The lowest BCUT2D eigenvalue weighted by molar-refractivity contribution is 0.0299. The van der Waals surface area contributed by atoms with Crippen LogP contribution in [0.5, 0.6) is 5.75 Å². The van der Waals surface area contributed by atoms with Gasteiger partial charge < -0.3 is 19.7 Å².